The van der Waals surface area contributed by atoms with Crippen molar-refractivity contribution in [2.75, 3.05) is 13.2 Å². The van der Waals surface area contributed by atoms with Crippen LogP contribution in [-0.4, -0.2) is 47.0 Å². The van der Waals surface area contributed by atoms with E-state index in [0.717, 1.165) is 43.4 Å². The van der Waals surface area contributed by atoms with Crippen molar-refractivity contribution >= 4 is 16.8 Å². The Kier molecular flexibility index (Phi) is 4.48. The molecule has 2 aromatic rings. The smallest absolute Gasteiger partial charge is 0.272 e. The predicted molar refractivity (Wildman–Crippen MR) is 96.8 cm³/mol. The number of nitrogens with zero attached hydrogens (tertiary/aromatic N) is 2. The van der Waals surface area contributed by atoms with Crippen LogP contribution in [0.1, 0.15) is 49.6 Å². The van der Waals surface area contributed by atoms with Crippen LogP contribution in [-0.2, 0) is 4.74 Å². The number of benzene rings is 1. The SMILES string of the molecule is CCC(C)n1nc(C(=O)N[C@H]2C[C@H]3COC[C@@H](C2)N3)c2ccccc21. The zero-order valence-corrected chi connectivity index (χ0v) is 14.9. The summed E-state index contributed by atoms with van der Waals surface area (Å²) in [5.74, 6) is -0.0656. The Morgan fingerprint density at radius 2 is 2.08 bits per heavy atom. The number of morpholine rings is 1. The number of piperidine rings is 1. The van der Waals surface area contributed by atoms with Gasteiger partial charge >= 0.3 is 0 Å². The molecule has 2 aliphatic heterocycles. The van der Waals surface area contributed by atoms with Crippen molar-refractivity contribution in [3.05, 3.63) is 30.0 Å². The fraction of sp³-hybridized carbons (Fsp3) is 0.579. The van der Waals surface area contributed by atoms with Crippen molar-refractivity contribution < 1.29 is 9.53 Å². The van der Waals surface area contributed by atoms with E-state index in [1.54, 1.807) is 0 Å². The molecule has 2 saturated heterocycles. The van der Waals surface area contributed by atoms with E-state index in [-0.39, 0.29) is 18.0 Å². The van der Waals surface area contributed by atoms with Gasteiger partial charge in [0.1, 0.15) is 0 Å². The summed E-state index contributed by atoms with van der Waals surface area (Å²) in [5, 5.41) is 12.4. The highest BCUT2D eigenvalue weighted by Crippen LogP contribution is 2.24. The van der Waals surface area contributed by atoms with Crippen LogP contribution in [0.15, 0.2) is 24.3 Å². The van der Waals surface area contributed by atoms with Gasteiger partial charge in [-0.2, -0.15) is 5.10 Å². The zero-order chi connectivity index (χ0) is 17.4. The Hall–Kier alpha value is -1.92. The Bertz CT molecular complexity index is 760. The van der Waals surface area contributed by atoms with E-state index < -0.39 is 0 Å². The fourth-order valence-corrected chi connectivity index (χ4v) is 3.97. The molecule has 134 valence electrons. The first-order chi connectivity index (χ1) is 12.2. The van der Waals surface area contributed by atoms with Crippen molar-refractivity contribution in [3.63, 3.8) is 0 Å². The molecule has 2 aliphatic rings. The molecule has 4 rings (SSSR count). The third kappa shape index (κ3) is 3.16. The molecule has 4 atom stereocenters. The maximum Gasteiger partial charge on any atom is 0.272 e. The molecular weight excluding hydrogens is 316 g/mol. The minimum atomic E-state index is -0.0656. The predicted octanol–water partition coefficient (Wildman–Crippen LogP) is 2.26. The summed E-state index contributed by atoms with van der Waals surface area (Å²) in [6, 6.07) is 9.12. The first-order valence-electron chi connectivity index (χ1n) is 9.27. The molecular formula is C19H26N4O2. The van der Waals surface area contributed by atoms with Crippen LogP contribution in [0.5, 0.6) is 0 Å². The van der Waals surface area contributed by atoms with Crippen LogP contribution in [0.2, 0.25) is 0 Å². The monoisotopic (exact) mass is 342 g/mol. The molecule has 6 heteroatoms. The Morgan fingerprint density at radius 1 is 1.36 bits per heavy atom. The van der Waals surface area contributed by atoms with Crippen LogP contribution in [0.25, 0.3) is 10.9 Å². The molecule has 6 nitrogen and oxygen atoms in total. The Labute approximate surface area is 147 Å². The van der Waals surface area contributed by atoms with Gasteiger partial charge in [-0.05, 0) is 32.3 Å². The molecule has 0 saturated carbocycles. The van der Waals surface area contributed by atoms with Crippen LogP contribution >= 0.6 is 0 Å². The number of fused-ring (bicyclic) bond motifs is 3. The number of rotatable bonds is 4. The Morgan fingerprint density at radius 3 is 2.80 bits per heavy atom. The summed E-state index contributed by atoms with van der Waals surface area (Å²) in [5.41, 5.74) is 1.56. The van der Waals surface area contributed by atoms with Crippen molar-refractivity contribution in [2.24, 2.45) is 0 Å². The van der Waals surface area contributed by atoms with Gasteiger partial charge in [-0.3, -0.25) is 9.48 Å². The molecule has 2 N–H and O–H groups in total. The molecule has 0 aliphatic carbocycles. The van der Waals surface area contributed by atoms with E-state index in [4.69, 9.17) is 4.74 Å². The number of hydrogen-bond acceptors (Lipinski definition) is 4. The molecule has 1 amide bonds. The third-order valence-corrected chi connectivity index (χ3v) is 5.42. The zero-order valence-electron chi connectivity index (χ0n) is 14.9. The molecule has 0 spiro atoms. The molecule has 2 bridgehead atoms. The van der Waals surface area contributed by atoms with E-state index in [1.165, 1.54) is 0 Å². The molecule has 1 unspecified atom stereocenters. The van der Waals surface area contributed by atoms with E-state index in [0.29, 0.717) is 17.8 Å². The number of ether oxygens (including phenoxy) is 1. The molecule has 1 aromatic heterocycles. The van der Waals surface area contributed by atoms with E-state index in [2.05, 4.69) is 29.6 Å². The quantitative estimate of drug-likeness (QED) is 0.894. The lowest BCUT2D eigenvalue weighted by Gasteiger charge is -2.40. The summed E-state index contributed by atoms with van der Waals surface area (Å²) in [6.45, 7) is 5.73. The summed E-state index contributed by atoms with van der Waals surface area (Å²) < 4.78 is 7.56. The highest BCUT2D eigenvalue weighted by Gasteiger charge is 2.33. The fourth-order valence-electron chi connectivity index (χ4n) is 3.97. The van der Waals surface area contributed by atoms with Crippen LogP contribution in [0, 0.1) is 0 Å². The lowest BCUT2D eigenvalue weighted by molar-refractivity contribution is 0.0148. The van der Waals surface area contributed by atoms with Gasteiger partial charge in [0.05, 0.1) is 18.7 Å². The van der Waals surface area contributed by atoms with Gasteiger partial charge < -0.3 is 15.4 Å². The topological polar surface area (TPSA) is 68.2 Å². The van der Waals surface area contributed by atoms with Gasteiger partial charge in [0.25, 0.3) is 5.91 Å². The summed E-state index contributed by atoms with van der Waals surface area (Å²) in [4.78, 5) is 12.9. The minimum Gasteiger partial charge on any atom is -0.378 e. The highest BCUT2D eigenvalue weighted by atomic mass is 16.5. The standard InChI is InChI=1S/C19H26N4O2/c1-3-12(2)23-17-7-5-4-6-16(17)18(22-23)19(24)21-13-8-14-10-25-11-15(9-13)20-14/h4-7,12-15,20H,3,8-11H2,1-2H3,(H,21,24)/t12?,13-,14-,15+. The minimum absolute atomic E-state index is 0.0656. The normalized spacial score (nSPS) is 27.2. The number of carbonyl (C=O) groups excluding carboxylic acids is 1. The van der Waals surface area contributed by atoms with Gasteiger partial charge in [-0.15, -0.1) is 0 Å². The lowest BCUT2D eigenvalue weighted by atomic mass is 9.92. The number of hydrogen-bond donors (Lipinski definition) is 2. The largest absolute Gasteiger partial charge is 0.378 e. The second-order valence-electron chi connectivity index (χ2n) is 7.31. The first kappa shape index (κ1) is 16.5. The van der Waals surface area contributed by atoms with Gasteiger partial charge in [-0.1, -0.05) is 25.1 Å². The average Bonchev–Trinajstić information content (AvgIpc) is 3.00. The maximum absolute atomic E-state index is 12.9. The van der Waals surface area contributed by atoms with Crippen LogP contribution in [0.4, 0.5) is 0 Å². The Balaban J connectivity index is 1.58. The van der Waals surface area contributed by atoms with Crippen LogP contribution in [0.3, 0.4) is 0 Å². The number of amides is 1. The summed E-state index contributed by atoms with van der Waals surface area (Å²) in [7, 11) is 0. The van der Waals surface area contributed by atoms with Gasteiger partial charge in [0, 0.05) is 29.6 Å². The van der Waals surface area contributed by atoms with Crippen LogP contribution < -0.4 is 10.6 Å². The molecule has 3 heterocycles. The van der Waals surface area contributed by atoms with Crippen molar-refractivity contribution in [1.29, 1.82) is 0 Å². The second-order valence-corrected chi connectivity index (χ2v) is 7.31. The second kappa shape index (κ2) is 6.77. The average molecular weight is 342 g/mol. The van der Waals surface area contributed by atoms with Gasteiger partial charge in [-0.25, -0.2) is 0 Å². The van der Waals surface area contributed by atoms with E-state index >= 15 is 0 Å². The van der Waals surface area contributed by atoms with Gasteiger partial charge in [0.15, 0.2) is 5.69 Å². The van der Waals surface area contributed by atoms with Crippen molar-refractivity contribution in [2.45, 2.75) is 57.3 Å². The molecule has 25 heavy (non-hydrogen) atoms. The molecule has 1 aromatic carbocycles. The van der Waals surface area contributed by atoms with Gasteiger partial charge in [0.2, 0.25) is 0 Å². The number of carbonyl (C=O) groups is 1. The molecule has 0 radical (unpaired) electrons. The van der Waals surface area contributed by atoms with Crippen molar-refractivity contribution in [1.82, 2.24) is 20.4 Å². The lowest BCUT2D eigenvalue weighted by Crippen LogP contribution is -2.58. The van der Waals surface area contributed by atoms with Crippen molar-refractivity contribution in [3.8, 4) is 0 Å². The summed E-state index contributed by atoms with van der Waals surface area (Å²) >= 11 is 0. The number of nitrogens with one attached hydrogen (secondary N) is 2. The maximum atomic E-state index is 12.9. The number of para-hydroxylation sites is 1. The van der Waals surface area contributed by atoms with E-state index in [9.17, 15) is 4.79 Å². The summed E-state index contributed by atoms with van der Waals surface area (Å²) in [6.07, 6.45) is 2.79. The number of aromatic nitrogens is 2. The first-order valence-corrected chi connectivity index (χ1v) is 9.27. The third-order valence-electron chi connectivity index (χ3n) is 5.42. The van der Waals surface area contributed by atoms with E-state index in [1.807, 2.05) is 28.9 Å². The molecule has 2 fully saturated rings. The highest BCUT2D eigenvalue weighted by molar-refractivity contribution is 6.05.